The van der Waals surface area contributed by atoms with E-state index in [1.165, 1.54) is 37.3 Å². The Labute approximate surface area is 149 Å². The van der Waals surface area contributed by atoms with Crippen molar-refractivity contribution in [3.8, 4) is 5.75 Å². The fourth-order valence-electron chi connectivity index (χ4n) is 2.66. The largest absolute Gasteiger partial charge is 0.478 e. The van der Waals surface area contributed by atoms with Crippen LogP contribution in [-0.2, 0) is 15.0 Å². The predicted molar refractivity (Wildman–Crippen MR) is 90.1 cm³/mol. The number of hydrazine groups is 1. The normalized spacial score (nSPS) is 15.7. The van der Waals surface area contributed by atoms with Crippen molar-refractivity contribution in [2.75, 3.05) is 0 Å². The van der Waals surface area contributed by atoms with Crippen LogP contribution in [0.4, 0.5) is 8.78 Å². The number of benzene rings is 2. The molecule has 2 amide bonds. The van der Waals surface area contributed by atoms with Crippen molar-refractivity contribution >= 4 is 11.8 Å². The summed E-state index contributed by atoms with van der Waals surface area (Å²) >= 11 is 0. The van der Waals surface area contributed by atoms with Crippen LogP contribution in [-0.4, -0.2) is 17.9 Å². The van der Waals surface area contributed by atoms with Crippen LogP contribution in [0, 0.1) is 11.6 Å². The minimum atomic E-state index is -1.01. The highest BCUT2D eigenvalue weighted by Crippen LogP contribution is 2.48. The first-order chi connectivity index (χ1) is 12.4. The monoisotopic (exact) mass is 360 g/mol. The van der Waals surface area contributed by atoms with Gasteiger partial charge in [0.15, 0.2) is 17.7 Å². The van der Waals surface area contributed by atoms with Gasteiger partial charge >= 0.3 is 0 Å². The van der Waals surface area contributed by atoms with E-state index in [-0.39, 0.29) is 17.5 Å². The molecule has 5 nitrogen and oxygen atoms in total. The highest BCUT2D eigenvalue weighted by molar-refractivity contribution is 5.93. The van der Waals surface area contributed by atoms with Crippen LogP contribution in [0.1, 0.15) is 25.3 Å². The van der Waals surface area contributed by atoms with Gasteiger partial charge in [0.05, 0.1) is 5.41 Å². The van der Waals surface area contributed by atoms with Gasteiger partial charge in [-0.15, -0.1) is 0 Å². The Morgan fingerprint density at radius 2 is 1.69 bits per heavy atom. The van der Waals surface area contributed by atoms with E-state index < -0.39 is 23.2 Å². The molecule has 1 aliphatic rings. The van der Waals surface area contributed by atoms with Crippen LogP contribution >= 0.6 is 0 Å². The second-order valence-corrected chi connectivity index (χ2v) is 6.22. The molecule has 1 fully saturated rings. The predicted octanol–water partition coefficient (Wildman–Crippen LogP) is 2.61. The Morgan fingerprint density at radius 1 is 1.04 bits per heavy atom. The van der Waals surface area contributed by atoms with Gasteiger partial charge in [-0.3, -0.25) is 20.4 Å². The van der Waals surface area contributed by atoms with Crippen molar-refractivity contribution in [1.29, 1.82) is 0 Å². The summed E-state index contributed by atoms with van der Waals surface area (Å²) in [5, 5.41) is 0. The highest BCUT2D eigenvalue weighted by Gasteiger charge is 2.51. The smallest absolute Gasteiger partial charge is 0.279 e. The Morgan fingerprint density at radius 3 is 2.31 bits per heavy atom. The van der Waals surface area contributed by atoms with Gasteiger partial charge in [-0.05, 0) is 49.6 Å². The zero-order chi connectivity index (χ0) is 18.7. The molecule has 7 heteroatoms. The number of hydrogen-bond donors (Lipinski definition) is 2. The Bertz CT molecular complexity index is 820. The van der Waals surface area contributed by atoms with Gasteiger partial charge < -0.3 is 4.74 Å². The summed E-state index contributed by atoms with van der Waals surface area (Å²) in [5.74, 6) is -2.00. The molecule has 0 aromatic heterocycles. The van der Waals surface area contributed by atoms with E-state index in [2.05, 4.69) is 10.9 Å². The molecule has 0 saturated heterocycles. The lowest BCUT2D eigenvalue weighted by atomic mass is 9.95. The molecule has 1 aliphatic carbocycles. The third kappa shape index (κ3) is 3.66. The van der Waals surface area contributed by atoms with Crippen LogP contribution in [0.25, 0.3) is 0 Å². The fraction of sp³-hybridized carbons (Fsp3) is 0.263. The summed E-state index contributed by atoms with van der Waals surface area (Å²) in [6, 6.07) is 11.5. The summed E-state index contributed by atoms with van der Waals surface area (Å²) in [7, 11) is 0. The molecule has 26 heavy (non-hydrogen) atoms. The Hall–Kier alpha value is -2.96. The zero-order valence-electron chi connectivity index (χ0n) is 14.1. The van der Waals surface area contributed by atoms with Crippen molar-refractivity contribution in [1.82, 2.24) is 10.9 Å². The lowest BCUT2D eigenvalue weighted by Crippen LogP contribution is -2.50. The maximum atomic E-state index is 13.6. The average Bonchev–Trinajstić information content (AvgIpc) is 3.43. The van der Waals surface area contributed by atoms with Gasteiger partial charge in [-0.25, -0.2) is 8.78 Å². The van der Waals surface area contributed by atoms with Gasteiger partial charge in [0.1, 0.15) is 5.82 Å². The number of carbonyl (C=O) groups is 2. The van der Waals surface area contributed by atoms with Crippen molar-refractivity contribution < 1.29 is 23.1 Å². The molecule has 136 valence electrons. The Balaban J connectivity index is 1.56. The zero-order valence-corrected chi connectivity index (χ0v) is 14.1. The summed E-state index contributed by atoms with van der Waals surface area (Å²) in [6.07, 6.45) is 0.219. The molecule has 0 aliphatic heterocycles. The van der Waals surface area contributed by atoms with Gasteiger partial charge in [-0.1, -0.05) is 24.3 Å². The van der Waals surface area contributed by atoms with E-state index in [1.807, 2.05) is 0 Å². The quantitative estimate of drug-likeness (QED) is 0.806. The van der Waals surface area contributed by atoms with Crippen LogP contribution in [0.15, 0.2) is 48.5 Å². The summed E-state index contributed by atoms with van der Waals surface area (Å²) in [5.41, 5.74) is 4.61. The molecule has 2 aromatic rings. The van der Waals surface area contributed by atoms with Gasteiger partial charge in [0.2, 0.25) is 5.91 Å². The molecular formula is C19H18F2N2O3. The van der Waals surface area contributed by atoms with Crippen LogP contribution < -0.4 is 15.6 Å². The molecule has 1 unspecified atom stereocenters. The molecular weight excluding hydrogens is 342 g/mol. The molecule has 1 saturated carbocycles. The topological polar surface area (TPSA) is 67.4 Å². The summed E-state index contributed by atoms with van der Waals surface area (Å²) < 4.78 is 31.9. The average molecular weight is 360 g/mol. The first kappa shape index (κ1) is 17.8. The van der Waals surface area contributed by atoms with Crippen LogP contribution in [0.3, 0.4) is 0 Å². The SMILES string of the molecule is CC(Oc1ccccc1F)C(=O)NNC(=O)C1(c2ccc(F)cc2)CC1. The standard InChI is InChI=1S/C19H18F2N2O3/c1-12(26-16-5-3-2-4-15(16)21)17(24)22-23-18(25)19(10-11-19)13-6-8-14(20)9-7-13/h2-9,12H,10-11H2,1H3,(H,22,24)(H,23,25). The molecule has 0 radical (unpaired) electrons. The van der Waals surface area contributed by atoms with E-state index in [9.17, 15) is 18.4 Å². The van der Waals surface area contributed by atoms with E-state index in [0.717, 1.165) is 0 Å². The van der Waals surface area contributed by atoms with Crippen molar-refractivity contribution in [2.24, 2.45) is 0 Å². The number of carbonyl (C=O) groups excluding carboxylic acids is 2. The molecule has 0 spiro atoms. The third-order valence-electron chi connectivity index (χ3n) is 4.39. The van der Waals surface area contributed by atoms with E-state index in [4.69, 9.17) is 4.74 Å². The number of amides is 2. The second kappa shape index (κ2) is 7.11. The number of rotatable bonds is 5. The summed E-state index contributed by atoms with van der Waals surface area (Å²) in [4.78, 5) is 24.5. The number of halogens is 2. The highest BCUT2D eigenvalue weighted by atomic mass is 19.1. The first-order valence-electron chi connectivity index (χ1n) is 8.20. The van der Waals surface area contributed by atoms with E-state index >= 15 is 0 Å². The van der Waals surface area contributed by atoms with Gasteiger partial charge in [-0.2, -0.15) is 0 Å². The lowest BCUT2D eigenvalue weighted by molar-refractivity contribution is -0.133. The number of ether oxygens (including phenoxy) is 1. The van der Waals surface area contributed by atoms with Crippen molar-refractivity contribution in [3.63, 3.8) is 0 Å². The van der Waals surface area contributed by atoms with Crippen molar-refractivity contribution in [2.45, 2.75) is 31.3 Å². The number of hydrogen-bond acceptors (Lipinski definition) is 3. The van der Waals surface area contributed by atoms with Crippen LogP contribution in [0.5, 0.6) is 5.75 Å². The molecule has 1 atom stereocenters. The fourth-order valence-corrected chi connectivity index (χ4v) is 2.66. The molecule has 0 bridgehead atoms. The maximum absolute atomic E-state index is 13.6. The van der Waals surface area contributed by atoms with Gasteiger partial charge in [0.25, 0.3) is 5.91 Å². The van der Waals surface area contributed by atoms with E-state index in [1.54, 1.807) is 18.2 Å². The summed E-state index contributed by atoms with van der Waals surface area (Å²) in [6.45, 7) is 1.45. The molecule has 2 aromatic carbocycles. The minimum absolute atomic E-state index is 0.0496. The molecule has 0 heterocycles. The Kier molecular flexibility index (Phi) is 4.88. The third-order valence-corrected chi connectivity index (χ3v) is 4.39. The number of nitrogens with one attached hydrogen (secondary N) is 2. The van der Waals surface area contributed by atoms with Crippen LogP contribution in [0.2, 0.25) is 0 Å². The number of para-hydroxylation sites is 1. The second-order valence-electron chi connectivity index (χ2n) is 6.22. The van der Waals surface area contributed by atoms with Crippen molar-refractivity contribution in [3.05, 3.63) is 65.7 Å². The van der Waals surface area contributed by atoms with Gasteiger partial charge in [0, 0.05) is 0 Å². The maximum Gasteiger partial charge on any atom is 0.279 e. The minimum Gasteiger partial charge on any atom is -0.478 e. The molecule has 3 rings (SSSR count). The molecule has 2 N–H and O–H groups in total. The first-order valence-corrected chi connectivity index (χ1v) is 8.20. The lowest BCUT2D eigenvalue weighted by Gasteiger charge is -2.18. The van der Waals surface area contributed by atoms with E-state index in [0.29, 0.717) is 18.4 Å².